The minimum Gasteiger partial charge on any atom is -0.510 e. The predicted molar refractivity (Wildman–Crippen MR) is 156 cm³/mol. The topological polar surface area (TPSA) is 219 Å². The highest BCUT2D eigenvalue weighted by molar-refractivity contribution is 6.25. The number of aromatic hydroxyl groups is 1. The van der Waals surface area contributed by atoms with Crippen LogP contribution in [0.15, 0.2) is 71.3 Å². The van der Waals surface area contributed by atoms with Crippen molar-refractivity contribution in [2.45, 2.75) is 24.5 Å². The Labute approximate surface area is 250 Å². The summed E-state index contributed by atoms with van der Waals surface area (Å²) in [6.07, 6.45) is 1.56. The molecule has 0 radical (unpaired) electrons. The van der Waals surface area contributed by atoms with Crippen LogP contribution in [0.25, 0.3) is 11.1 Å². The molecule has 4 atom stereocenters. The first kappa shape index (κ1) is 28.8. The lowest BCUT2D eigenvalue weighted by molar-refractivity contribution is -0.148. The van der Waals surface area contributed by atoms with Gasteiger partial charge in [0.05, 0.1) is 11.6 Å². The number of carbonyl (C=O) groups is 4. The third kappa shape index (κ3) is 4.12. The van der Waals surface area contributed by atoms with E-state index >= 15 is 0 Å². The van der Waals surface area contributed by atoms with Crippen molar-refractivity contribution >= 4 is 29.1 Å². The van der Waals surface area contributed by atoms with E-state index in [4.69, 9.17) is 5.73 Å². The maximum Gasteiger partial charge on any atom is 0.273 e. The van der Waals surface area contributed by atoms with E-state index in [9.17, 15) is 39.6 Å². The number of likely N-dealkylation sites (N-methyl/N-ethyl adjacent to an activating group) is 1. The van der Waals surface area contributed by atoms with Gasteiger partial charge in [-0.2, -0.15) is 5.10 Å². The summed E-state index contributed by atoms with van der Waals surface area (Å²) in [4.78, 5) is 53.7. The summed E-state index contributed by atoms with van der Waals surface area (Å²) >= 11 is 0. The van der Waals surface area contributed by atoms with E-state index in [-0.39, 0.29) is 35.4 Å². The average Bonchev–Trinajstić information content (AvgIpc) is 3.50. The van der Waals surface area contributed by atoms with Gasteiger partial charge in [0, 0.05) is 23.4 Å². The molecule has 6 rings (SSSR count). The Kier molecular flexibility index (Phi) is 6.67. The second-order valence-corrected chi connectivity index (χ2v) is 11.5. The number of aromatic amines is 1. The number of phenols is 1. The van der Waals surface area contributed by atoms with Gasteiger partial charge < -0.3 is 31.5 Å². The number of allylic oxidation sites excluding steroid dienone is 1. The highest BCUT2D eigenvalue weighted by atomic mass is 16.3. The zero-order chi connectivity index (χ0) is 31.7. The van der Waals surface area contributed by atoms with Gasteiger partial charge in [-0.05, 0) is 73.8 Å². The summed E-state index contributed by atoms with van der Waals surface area (Å²) in [5.74, 6) is -7.52. The fourth-order valence-electron chi connectivity index (χ4n) is 6.87. The van der Waals surface area contributed by atoms with Crippen LogP contribution >= 0.6 is 0 Å². The van der Waals surface area contributed by atoms with Gasteiger partial charge >= 0.3 is 0 Å². The Balaban J connectivity index is 1.45. The van der Waals surface area contributed by atoms with Gasteiger partial charge in [0.25, 0.3) is 11.8 Å². The molecule has 0 saturated carbocycles. The average molecular weight is 600 g/mol. The number of aromatic nitrogens is 2. The first-order valence-electron chi connectivity index (χ1n) is 13.8. The maximum absolute atomic E-state index is 14.0. The number of rotatable bonds is 5. The quantitative estimate of drug-likeness (QED) is 0.211. The smallest absolute Gasteiger partial charge is 0.273 e. The Bertz CT molecular complexity index is 1830. The molecule has 8 N–H and O–H groups in total. The van der Waals surface area contributed by atoms with Crippen LogP contribution < -0.4 is 11.1 Å². The number of Topliss-reactive ketones (excluding diaryl/α,β-unsaturated/α-hetero) is 2. The summed E-state index contributed by atoms with van der Waals surface area (Å²) in [7, 11) is 3.14. The molecule has 0 fully saturated rings. The van der Waals surface area contributed by atoms with Crippen molar-refractivity contribution in [3.8, 4) is 16.9 Å². The summed E-state index contributed by atoms with van der Waals surface area (Å²) in [6, 6.07) is 10.3. The molecule has 1 aromatic heterocycles. The molecule has 1 heterocycles. The van der Waals surface area contributed by atoms with Gasteiger partial charge in [-0.3, -0.25) is 29.2 Å². The fraction of sp³-hybridized carbons (Fsp3) is 0.258. The van der Waals surface area contributed by atoms with Crippen molar-refractivity contribution in [1.82, 2.24) is 15.1 Å². The van der Waals surface area contributed by atoms with Crippen LogP contribution in [-0.4, -0.2) is 84.6 Å². The molecule has 44 heavy (non-hydrogen) atoms. The highest BCUT2D eigenvalue weighted by Crippen LogP contribution is 2.53. The summed E-state index contributed by atoms with van der Waals surface area (Å²) in [6.45, 7) is 0. The van der Waals surface area contributed by atoms with E-state index in [1.807, 2.05) is 0 Å². The molecule has 0 saturated heterocycles. The van der Waals surface area contributed by atoms with Crippen LogP contribution in [0.1, 0.15) is 32.8 Å². The molecule has 3 aromatic rings. The maximum atomic E-state index is 14.0. The predicted octanol–water partition coefficient (Wildman–Crippen LogP) is 1.76. The van der Waals surface area contributed by atoms with Gasteiger partial charge in [-0.1, -0.05) is 18.2 Å². The lowest BCUT2D eigenvalue weighted by Crippen LogP contribution is -2.63. The third-order valence-electron chi connectivity index (χ3n) is 8.78. The van der Waals surface area contributed by atoms with Gasteiger partial charge in [0.2, 0.25) is 5.78 Å². The molecule has 4 unspecified atom stereocenters. The van der Waals surface area contributed by atoms with Crippen LogP contribution in [-0.2, 0) is 16.0 Å². The second kappa shape index (κ2) is 10.2. The number of aliphatic hydroxyl groups excluding tert-OH is 2. The Morgan fingerprint density at radius 1 is 1.11 bits per heavy atom. The summed E-state index contributed by atoms with van der Waals surface area (Å²) < 4.78 is 0. The second-order valence-electron chi connectivity index (χ2n) is 11.5. The van der Waals surface area contributed by atoms with E-state index in [2.05, 4.69) is 15.5 Å². The molecule has 13 heteroatoms. The van der Waals surface area contributed by atoms with Crippen LogP contribution in [0.2, 0.25) is 0 Å². The van der Waals surface area contributed by atoms with Crippen molar-refractivity contribution in [3.63, 3.8) is 0 Å². The molecular formula is C31H29N5O8. The van der Waals surface area contributed by atoms with E-state index in [1.165, 1.54) is 23.2 Å². The number of fused-ring (bicyclic) bond motifs is 3. The fourth-order valence-corrected chi connectivity index (χ4v) is 6.87. The van der Waals surface area contributed by atoms with E-state index < -0.39 is 64.0 Å². The number of aliphatic hydroxyl groups is 3. The van der Waals surface area contributed by atoms with Crippen molar-refractivity contribution in [2.24, 2.45) is 17.6 Å². The molecule has 226 valence electrons. The molecule has 2 aromatic carbocycles. The van der Waals surface area contributed by atoms with E-state index in [1.54, 1.807) is 44.4 Å². The first-order valence-corrected chi connectivity index (χ1v) is 13.8. The zero-order valence-corrected chi connectivity index (χ0v) is 23.7. The minimum atomic E-state index is -2.71. The zero-order valence-electron chi connectivity index (χ0n) is 23.7. The molecule has 0 bridgehead atoms. The normalized spacial score (nSPS) is 24.6. The Hall–Kier alpha value is -5.27. The first-order chi connectivity index (χ1) is 20.9. The molecule has 3 aliphatic rings. The number of phenolic OH excluding ortho intramolecular Hbond substituents is 1. The molecule has 2 amide bonds. The van der Waals surface area contributed by atoms with Crippen molar-refractivity contribution in [3.05, 3.63) is 88.1 Å². The van der Waals surface area contributed by atoms with Crippen LogP contribution in [0, 0.1) is 11.8 Å². The number of hydrogen-bond acceptors (Lipinski definition) is 10. The van der Waals surface area contributed by atoms with Gasteiger partial charge in [0.1, 0.15) is 28.5 Å². The number of amides is 2. The van der Waals surface area contributed by atoms with Crippen LogP contribution in [0.4, 0.5) is 5.69 Å². The van der Waals surface area contributed by atoms with Gasteiger partial charge in [-0.25, -0.2) is 0 Å². The van der Waals surface area contributed by atoms with Crippen LogP contribution in [0.3, 0.4) is 0 Å². The monoisotopic (exact) mass is 599 g/mol. The van der Waals surface area contributed by atoms with Crippen molar-refractivity contribution in [1.29, 1.82) is 0 Å². The molecular weight excluding hydrogens is 570 g/mol. The van der Waals surface area contributed by atoms with Crippen LogP contribution in [0.5, 0.6) is 5.75 Å². The number of primary amides is 1. The molecule has 0 spiro atoms. The SMILES string of the molecule is CN(C)C1C(O)=C(C(N)=O)C(=O)C2(O)C(O)=C3C(=O)c4c(O)ccc(-c5cccc(NC(=O)c6ccn[nH]6)c5)c4CC3CC12. The number of benzene rings is 2. The lowest BCUT2D eigenvalue weighted by atomic mass is 9.58. The highest BCUT2D eigenvalue weighted by Gasteiger charge is 2.63. The third-order valence-corrected chi connectivity index (χ3v) is 8.78. The van der Waals surface area contributed by atoms with Gasteiger partial charge in [-0.15, -0.1) is 0 Å². The number of nitrogens with one attached hydrogen (secondary N) is 2. The van der Waals surface area contributed by atoms with Crippen molar-refractivity contribution in [2.75, 3.05) is 19.4 Å². The van der Waals surface area contributed by atoms with Gasteiger partial charge in [0.15, 0.2) is 11.4 Å². The summed E-state index contributed by atoms with van der Waals surface area (Å²) in [5, 5.41) is 54.2. The molecule has 3 aliphatic carbocycles. The standard InChI is InChI=1S/C31H29N5O8/c1-36(2)24-18-12-14-11-17-16(13-4-3-5-15(10-13)34-30(43)19-8-9-33-35-19)6-7-20(37)22(17)25(38)21(14)27(40)31(18,44)28(41)23(26(24)39)29(32)42/h3-10,14,18,24,37,39-40,44H,11-12H2,1-2H3,(H2,32,42)(H,33,35)(H,34,43). The summed E-state index contributed by atoms with van der Waals surface area (Å²) in [5.41, 5.74) is 3.90. The van der Waals surface area contributed by atoms with Crippen molar-refractivity contribution < 1.29 is 39.6 Å². The lowest BCUT2D eigenvalue weighted by Gasteiger charge is -2.50. The Morgan fingerprint density at radius 3 is 2.52 bits per heavy atom. The largest absolute Gasteiger partial charge is 0.510 e. The number of nitrogens with two attached hydrogens (primary N) is 1. The number of anilines is 1. The number of ketones is 2. The van der Waals surface area contributed by atoms with E-state index in [0.29, 0.717) is 22.4 Å². The molecule has 13 nitrogen and oxygen atoms in total. The van der Waals surface area contributed by atoms with E-state index in [0.717, 1.165) is 0 Å². The number of nitrogens with zero attached hydrogens (tertiary/aromatic N) is 2. The Morgan fingerprint density at radius 2 is 1.86 bits per heavy atom. The number of H-pyrrole nitrogens is 1. The minimum absolute atomic E-state index is 0.0266. The number of carbonyl (C=O) groups excluding carboxylic acids is 4. The molecule has 0 aliphatic heterocycles. The number of hydrogen-bond donors (Lipinski definition) is 7.